The van der Waals surface area contributed by atoms with E-state index in [0.717, 1.165) is 5.56 Å². The minimum atomic E-state index is -0.629. The van der Waals surface area contributed by atoms with E-state index in [1.54, 1.807) is 42.5 Å². The molecule has 0 saturated carbocycles. The van der Waals surface area contributed by atoms with E-state index in [1.165, 1.54) is 18.2 Å². The molecule has 7 nitrogen and oxygen atoms in total. The predicted octanol–water partition coefficient (Wildman–Crippen LogP) is 5.36. The lowest BCUT2D eigenvalue weighted by atomic mass is 10.1. The van der Waals surface area contributed by atoms with Crippen LogP contribution in [-0.4, -0.2) is 10.8 Å². The molecule has 0 aliphatic carbocycles. The van der Waals surface area contributed by atoms with Crippen LogP contribution in [0.4, 0.5) is 11.4 Å². The van der Waals surface area contributed by atoms with Crippen LogP contribution in [0.5, 0.6) is 0 Å². The van der Waals surface area contributed by atoms with Crippen LogP contribution in [-0.2, 0) is 4.79 Å². The second-order valence-electron chi connectivity index (χ2n) is 6.06. The maximum Gasteiger partial charge on any atom is 0.280 e. The lowest BCUT2D eigenvalue weighted by molar-refractivity contribution is -0.384. The normalized spacial score (nSPS) is 11.0. The zero-order valence-electron chi connectivity index (χ0n) is 15.2. The second-order valence-corrected chi connectivity index (χ2v) is 6.47. The number of halogens is 1. The summed E-state index contributed by atoms with van der Waals surface area (Å²) in [4.78, 5) is 23.1. The summed E-state index contributed by atoms with van der Waals surface area (Å²) in [6.07, 6.45) is 1.27. The molecule has 1 heterocycles. The van der Waals surface area contributed by atoms with Crippen LogP contribution in [0, 0.1) is 28.4 Å². The van der Waals surface area contributed by atoms with E-state index in [0.29, 0.717) is 16.3 Å². The van der Waals surface area contributed by atoms with E-state index in [2.05, 4.69) is 5.32 Å². The first-order valence-electron chi connectivity index (χ1n) is 8.42. The molecule has 0 fully saturated rings. The fourth-order valence-electron chi connectivity index (χ4n) is 2.58. The number of benzene rings is 2. The quantitative estimate of drug-likeness (QED) is 0.265. The van der Waals surface area contributed by atoms with E-state index in [9.17, 15) is 20.2 Å². The Balaban J connectivity index is 1.85. The van der Waals surface area contributed by atoms with Gasteiger partial charge >= 0.3 is 0 Å². The third kappa shape index (κ3) is 4.51. The minimum absolute atomic E-state index is 0.105. The van der Waals surface area contributed by atoms with Gasteiger partial charge < -0.3 is 9.73 Å². The summed E-state index contributed by atoms with van der Waals surface area (Å²) < 4.78 is 5.60. The van der Waals surface area contributed by atoms with Crippen LogP contribution >= 0.6 is 11.6 Å². The molecule has 1 aromatic heterocycles. The third-order valence-electron chi connectivity index (χ3n) is 4.07. The predicted molar refractivity (Wildman–Crippen MR) is 109 cm³/mol. The molecule has 0 bridgehead atoms. The number of nitrogens with zero attached hydrogens (tertiary/aromatic N) is 2. The van der Waals surface area contributed by atoms with Crippen molar-refractivity contribution in [2.75, 3.05) is 5.32 Å². The number of carbonyl (C=O) groups excluding carboxylic acids is 1. The van der Waals surface area contributed by atoms with E-state index in [1.807, 2.05) is 13.0 Å². The van der Waals surface area contributed by atoms with Crippen LogP contribution in [0.15, 0.2) is 64.6 Å². The number of nitriles is 1. The molecule has 0 unspecified atom stereocenters. The molecule has 0 radical (unpaired) electrons. The van der Waals surface area contributed by atoms with Gasteiger partial charge in [-0.15, -0.1) is 0 Å². The van der Waals surface area contributed by atoms with Crippen molar-refractivity contribution in [3.63, 3.8) is 0 Å². The highest BCUT2D eigenvalue weighted by molar-refractivity contribution is 6.31. The van der Waals surface area contributed by atoms with Crippen molar-refractivity contribution in [3.8, 4) is 17.4 Å². The van der Waals surface area contributed by atoms with Crippen molar-refractivity contribution in [1.29, 1.82) is 5.26 Å². The Morgan fingerprint density at radius 1 is 1.24 bits per heavy atom. The van der Waals surface area contributed by atoms with Gasteiger partial charge in [0.05, 0.1) is 10.5 Å². The third-order valence-corrected chi connectivity index (χ3v) is 4.48. The van der Waals surface area contributed by atoms with Crippen molar-refractivity contribution in [2.45, 2.75) is 6.92 Å². The Bertz CT molecular complexity index is 1170. The van der Waals surface area contributed by atoms with Gasteiger partial charge in [-0.25, -0.2) is 0 Å². The molecule has 2 aromatic carbocycles. The molecular weight excluding hydrogens is 394 g/mol. The number of carbonyl (C=O) groups is 1. The zero-order valence-corrected chi connectivity index (χ0v) is 15.9. The van der Waals surface area contributed by atoms with Crippen LogP contribution < -0.4 is 5.32 Å². The van der Waals surface area contributed by atoms with E-state index < -0.39 is 10.8 Å². The highest BCUT2D eigenvalue weighted by atomic mass is 35.5. The lowest BCUT2D eigenvalue weighted by Gasteiger charge is -2.06. The molecule has 1 amide bonds. The first-order valence-corrected chi connectivity index (χ1v) is 8.80. The van der Waals surface area contributed by atoms with Crippen LogP contribution in [0.3, 0.4) is 0 Å². The van der Waals surface area contributed by atoms with E-state index in [4.69, 9.17) is 16.0 Å². The van der Waals surface area contributed by atoms with Gasteiger partial charge in [0.1, 0.15) is 23.2 Å². The summed E-state index contributed by atoms with van der Waals surface area (Å²) in [7, 11) is 0. The average molecular weight is 408 g/mol. The van der Waals surface area contributed by atoms with Gasteiger partial charge in [-0.1, -0.05) is 29.8 Å². The molecule has 29 heavy (non-hydrogen) atoms. The number of hydrogen-bond acceptors (Lipinski definition) is 5. The Hall–Kier alpha value is -3.89. The molecule has 144 valence electrons. The van der Waals surface area contributed by atoms with Gasteiger partial charge in [0.15, 0.2) is 0 Å². The Morgan fingerprint density at radius 2 is 2.00 bits per heavy atom. The summed E-state index contributed by atoms with van der Waals surface area (Å²) in [6, 6.07) is 16.0. The van der Waals surface area contributed by atoms with E-state index >= 15 is 0 Å². The summed E-state index contributed by atoms with van der Waals surface area (Å²) in [5.74, 6) is -0.158. The average Bonchev–Trinajstić information content (AvgIpc) is 3.17. The van der Waals surface area contributed by atoms with Crippen molar-refractivity contribution in [2.24, 2.45) is 0 Å². The lowest BCUT2D eigenvalue weighted by Crippen LogP contribution is -2.13. The number of nitro benzene ring substituents is 1. The maximum absolute atomic E-state index is 12.4. The number of rotatable bonds is 5. The van der Waals surface area contributed by atoms with Gasteiger partial charge in [-0.3, -0.25) is 14.9 Å². The van der Waals surface area contributed by atoms with E-state index in [-0.39, 0.29) is 22.8 Å². The molecule has 0 atom stereocenters. The van der Waals surface area contributed by atoms with Crippen LogP contribution in [0.25, 0.3) is 17.4 Å². The van der Waals surface area contributed by atoms with Gasteiger partial charge in [0, 0.05) is 22.9 Å². The topological polar surface area (TPSA) is 109 Å². The Labute approximate surface area is 171 Å². The van der Waals surface area contributed by atoms with Crippen LogP contribution in [0.2, 0.25) is 5.02 Å². The van der Waals surface area contributed by atoms with Crippen molar-refractivity contribution in [3.05, 3.63) is 86.6 Å². The first kappa shape index (κ1) is 19.9. The largest absolute Gasteiger partial charge is 0.456 e. The number of nitrogens with one attached hydrogen (secondary N) is 1. The van der Waals surface area contributed by atoms with Crippen molar-refractivity contribution >= 4 is 35.0 Å². The number of hydrogen-bond donors (Lipinski definition) is 1. The first-order chi connectivity index (χ1) is 13.9. The molecule has 8 heteroatoms. The second kappa shape index (κ2) is 8.42. The standard InChI is InChI=1S/C21H14ClN3O4/c1-13-6-7-15(11-18(13)22)24-21(26)14(12-23)10-16-8-9-20(29-16)17-4-2-3-5-19(17)25(27)28/h2-11H,1H3,(H,24,26)/b14-10+. The maximum atomic E-state index is 12.4. The van der Waals surface area contributed by atoms with Gasteiger partial charge in [-0.05, 0) is 42.8 Å². The van der Waals surface area contributed by atoms with Gasteiger partial charge in [-0.2, -0.15) is 5.26 Å². The SMILES string of the molecule is Cc1ccc(NC(=O)/C(C#N)=C/c2ccc(-c3ccccc3[N+](=O)[O-])o2)cc1Cl. The summed E-state index contributed by atoms with van der Waals surface area (Å²) >= 11 is 6.04. The zero-order chi connectivity index (χ0) is 21.0. The number of anilines is 1. The number of furan rings is 1. The summed E-state index contributed by atoms with van der Waals surface area (Å²) in [5, 5.41) is 23.6. The highest BCUT2D eigenvalue weighted by Crippen LogP contribution is 2.31. The molecular formula is C21H14ClN3O4. The molecule has 1 N–H and O–H groups in total. The number of nitro groups is 1. The summed E-state index contributed by atoms with van der Waals surface area (Å²) in [5.41, 5.74) is 1.32. The van der Waals surface area contributed by atoms with Gasteiger partial charge in [0.2, 0.25) is 0 Å². The van der Waals surface area contributed by atoms with Crippen molar-refractivity contribution in [1.82, 2.24) is 0 Å². The van der Waals surface area contributed by atoms with Gasteiger partial charge in [0.25, 0.3) is 11.6 Å². The number of amides is 1. The minimum Gasteiger partial charge on any atom is -0.456 e. The molecule has 0 saturated heterocycles. The smallest absolute Gasteiger partial charge is 0.280 e. The number of para-hydroxylation sites is 1. The Morgan fingerprint density at radius 3 is 2.69 bits per heavy atom. The highest BCUT2D eigenvalue weighted by Gasteiger charge is 2.17. The molecule has 0 spiro atoms. The monoisotopic (exact) mass is 407 g/mol. The molecule has 3 rings (SSSR count). The fourth-order valence-corrected chi connectivity index (χ4v) is 2.76. The van der Waals surface area contributed by atoms with Crippen molar-refractivity contribution < 1.29 is 14.1 Å². The molecule has 0 aliphatic rings. The summed E-state index contributed by atoms with van der Waals surface area (Å²) in [6.45, 7) is 1.83. The number of aryl methyl sites for hydroxylation is 1. The van der Waals surface area contributed by atoms with Crippen LogP contribution in [0.1, 0.15) is 11.3 Å². The fraction of sp³-hybridized carbons (Fsp3) is 0.0476. The molecule has 0 aliphatic heterocycles. The molecule has 3 aromatic rings. The Kier molecular flexibility index (Phi) is 5.77.